The van der Waals surface area contributed by atoms with Crippen LogP contribution in [0.5, 0.6) is 0 Å². The molecule has 0 atom stereocenters. The van der Waals surface area contributed by atoms with Gasteiger partial charge >= 0.3 is 0 Å². The minimum absolute atomic E-state index is 0.685. The van der Waals surface area contributed by atoms with E-state index in [4.69, 9.17) is 0 Å². The number of nitrogens with zero attached hydrogens (tertiary/aromatic N) is 3. The van der Waals surface area contributed by atoms with Crippen LogP contribution in [0.1, 0.15) is 23.9 Å². The van der Waals surface area contributed by atoms with Gasteiger partial charge in [0.25, 0.3) is 0 Å². The summed E-state index contributed by atoms with van der Waals surface area (Å²) in [5, 5.41) is 0. The van der Waals surface area contributed by atoms with E-state index in [1.54, 1.807) is 0 Å². The molecule has 0 saturated carbocycles. The molecule has 0 unspecified atom stereocenters. The van der Waals surface area contributed by atoms with Gasteiger partial charge in [0.15, 0.2) is 11.6 Å². The molecular weight excluding hydrogens is 258 g/mol. The van der Waals surface area contributed by atoms with Crippen LogP contribution in [0.2, 0.25) is 0 Å². The van der Waals surface area contributed by atoms with Crippen LogP contribution >= 0.6 is 0 Å². The van der Waals surface area contributed by atoms with Gasteiger partial charge in [-0.25, -0.2) is 15.0 Å². The molecular formula is C18H15N3. The third kappa shape index (κ3) is 3.22. The van der Waals surface area contributed by atoms with Crippen LogP contribution in [0.25, 0.3) is 11.1 Å². The SMILES string of the molecule is Cc1nc(C2=CC=C=CC=C2)nc(C2=CC=CCC=C2)n1. The molecule has 0 fully saturated rings. The fourth-order valence-electron chi connectivity index (χ4n) is 2.07. The summed E-state index contributed by atoms with van der Waals surface area (Å²) in [7, 11) is 0. The summed E-state index contributed by atoms with van der Waals surface area (Å²) in [6.07, 6.45) is 20.8. The zero-order valence-corrected chi connectivity index (χ0v) is 11.8. The monoisotopic (exact) mass is 273 g/mol. The first kappa shape index (κ1) is 13.2. The van der Waals surface area contributed by atoms with Crippen molar-refractivity contribution < 1.29 is 0 Å². The largest absolute Gasteiger partial charge is 0.213 e. The molecule has 0 spiro atoms. The lowest BCUT2D eigenvalue weighted by molar-refractivity contribution is 0.934. The van der Waals surface area contributed by atoms with Gasteiger partial charge in [0.05, 0.1) is 0 Å². The topological polar surface area (TPSA) is 38.7 Å². The second-order valence-electron chi connectivity index (χ2n) is 4.70. The van der Waals surface area contributed by atoms with E-state index in [9.17, 15) is 0 Å². The van der Waals surface area contributed by atoms with Gasteiger partial charge in [-0.15, -0.1) is 5.73 Å². The van der Waals surface area contributed by atoms with Crippen molar-refractivity contribution in [3.05, 3.63) is 84.0 Å². The van der Waals surface area contributed by atoms with Crippen LogP contribution in [-0.2, 0) is 0 Å². The number of hydrogen-bond donors (Lipinski definition) is 0. The molecule has 2 aliphatic carbocycles. The zero-order chi connectivity index (χ0) is 14.5. The summed E-state index contributed by atoms with van der Waals surface area (Å²) in [6.45, 7) is 1.89. The van der Waals surface area contributed by atoms with Crippen molar-refractivity contribution in [2.45, 2.75) is 13.3 Å². The van der Waals surface area contributed by atoms with E-state index in [1.165, 1.54) is 0 Å². The van der Waals surface area contributed by atoms with Gasteiger partial charge in [0.1, 0.15) is 5.82 Å². The van der Waals surface area contributed by atoms with Crippen molar-refractivity contribution in [1.82, 2.24) is 15.0 Å². The number of aryl methyl sites for hydroxylation is 1. The summed E-state index contributed by atoms with van der Waals surface area (Å²) < 4.78 is 0. The Kier molecular flexibility index (Phi) is 3.85. The molecule has 2 aliphatic rings. The Labute approximate surface area is 124 Å². The van der Waals surface area contributed by atoms with Crippen LogP contribution in [0.4, 0.5) is 0 Å². The lowest BCUT2D eigenvalue weighted by Crippen LogP contribution is -2.03. The van der Waals surface area contributed by atoms with Crippen LogP contribution in [-0.4, -0.2) is 15.0 Å². The van der Waals surface area contributed by atoms with Crippen molar-refractivity contribution in [1.29, 1.82) is 0 Å². The van der Waals surface area contributed by atoms with Gasteiger partial charge in [0.2, 0.25) is 0 Å². The minimum Gasteiger partial charge on any atom is -0.213 e. The molecule has 1 heterocycles. The standard InChI is InChI=1S/C18H15N3/c1-14-19-17(15-10-6-2-3-7-11-15)21-18(20-14)16-12-8-4-5-9-13-16/h2,4,6-13H,3H2,1H3. The Morgan fingerprint density at radius 2 is 1.67 bits per heavy atom. The molecule has 0 amide bonds. The summed E-state index contributed by atoms with van der Waals surface area (Å²) in [4.78, 5) is 13.5. The van der Waals surface area contributed by atoms with Gasteiger partial charge < -0.3 is 0 Å². The lowest BCUT2D eigenvalue weighted by Gasteiger charge is -2.06. The third-order valence-corrected chi connectivity index (χ3v) is 3.07. The number of hydrogen-bond acceptors (Lipinski definition) is 3. The maximum absolute atomic E-state index is 4.61. The lowest BCUT2D eigenvalue weighted by atomic mass is 10.2. The second-order valence-corrected chi connectivity index (χ2v) is 4.70. The van der Waals surface area contributed by atoms with E-state index in [2.05, 4.69) is 38.9 Å². The molecule has 0 saturated heterocycles. The number of aromatic nitrogens is 3. The van der Waals surface area contributed by atoms with E-state index < -0.39 is 0 Å². The average molecular weight is 273 g/mol. The first-order valence-electron chi connectivity index (χ1n) is 6.89. The quantitative estimate of drug-likeness (QED) is 0.770. The molecule has 1 aromatic heterocycles. The van der Waals surface area contributed by atoms with Crippen LogP contribution in [0.15, 0.2) is 66.5 Å². The fourth-order valence-corrected chi connectivity index (χ4v) is 2.07. The molecule has 0 bridgehead atoms. The predicted octanol–water partition coefficient (Wildman–Crippen LogP) is 3.74. The first-order valence-corrected chi connectivity index (χ1v) is 6.89. The summed E-state index contributed by atoms with van der Waals surface area (Å²) in [6, 6.07) is 0. The molecule has 0 radical (unpaired) electrons. The highest BCUT2D eigenvalue weighted by molar-refractivity contribution is 5.75. The Hall–Kier alpha value is -2.77. The van der Waals surface area contributed by atoms with E-state index in [1.807, 2.05) is 49.5 Å². The van der Waals surface area contributed by atoms with Gasteiger partial charge in [-0.05, 0) is 31.6 Å². The van der Waals surface area contributed by atoms with Crippen molar-refractivity contribution in [3.8, 4) is 0 Å². The van der Waals surface area contributed by atoms with E-state index >= 15 is 0 Å². The van der Waals surface area contributed by atoms with Crippen LogP contribution in [0, 0.1) is 6.92 Å². The van der Waals surface area contributed by atoms with Crippen molar-refractivity contribution in [2.75, 3.05) is 0 Å². The molecule has 21 heavy (non-hydrogen) atoms. The molecule has 3 nitrogen and oxygen atoms in total. The van der Waals surface area contributed by atoms with Gasteiger partial charge in [-0.1, -0.05) is 42.5 Å². The van der Waals surface area contributed by atoms with E-state index in [-0.39, 0.29) is 0 Å². The van der Waals surface area contributed by atoms with Crippen LogP contribution in [0.3, 0.4) is 0 Å². The highest BCUT2D eigenvalue weighted by Gasteiger charge is 2.09. The van der Waals surface area contributed by atoms with Crippen molar-refractivity contribution in [3.63, 3.8) is 0 Å². The molecule has 3 rings (SSSR count). The summed E-state index contributed by atoms with van der Waals surface area (Å²) in [5.41, 5.74) is 4.99. The fraction of sp³-hybridized carbons (Fsp3) is 0.111. The molecule has 0 N–H and O–H groups in total. The van der Waals surface area contributed by atoms with Crippen molar-refractivity contribution in [2.24, 2.45) is 0 Å². The highest BCUT2D eigenvalue weighted by atomic mass is 15.0. The van der Waals surface area contributed by atoms with Gasteiger partial charge in [-0.2, -0.15) is 0 Å². The predicted molar refractivity (Wildman–Crippen MR) is 85.2 cm³/mol. The molecule has 0 aliphatic heterocycles. The molecule has 3 heteroatoms. The van der Waals surface area contributed by atoms with E-state index in [0.717, 1.165) is 17.6 Å². The smallest absolute Gasteiger partial charge is 0.163 e. The average Bonchev–Trinajstić information content (AvgIpc) is 2.92. The first-order chi connectivity index (χ1) is 10.3. The Balaban J connectivity index is 2.05. The molecule has 1 aromatic rings. The number of rotatable bonds is 2. The van der Waals surface area contributed by atoms with Crippen LogP contribution < -0.4 is 0 Å². The summed E-state index contributed by atoms with van der Waals surface area (Å²) in [5.74, 6) is 2.11. The Bertz CT molecular complexity index is 747. The Morgan fingerprint density at radius 1 is 0.857 bits per heavy atom. The Morgan fingerprint density at radius 3 is 2.52 bits per heavy atom. The zero-order valence-electron chi connectivity index (χ0n) is 11.8. The maximum Gasteiger partial charge on any atom is 0.163 e. The normalized spacial score (nSPS) is 16.4. The van der Waals surface area contributed by atoms with Gasteiger partial charge in [0, 0.05) is 11.1 Å². The second kappa shape index (κ2) is 6.12. The van der Waals surface area contributed by atoms with Gasteiger partial charge in [-0.3, -0.25) is 0 Å². The maximum atomic E-state index is 4.61. The van der Waals surface area contributed by atoms with Crippen molar-refractivity contribution >= 4 is 11.1 Å². The highest BCUT2D eigenvalue weighted by Crippen LogP contribution is 2.18. The molecule has 102 valence electrons. The number of allylic oxidation sites excluding steroid dienone is 11. The third-order valence-electron chi connectivity index (χ3n) is 3.07. The van der Waals surface area contributed by atoms with E-state index in [0.29, 0.717) is 17.5 Å². The summed E-state index contributed by atoms with van der Waals surface area (Å²) >= 11 is 0. The minimum atomic E-state index is 0.685. The molecule has 0 aromatic carbocycles.